The van der Waals surface area contributed by atoms with E-state index in [1.54, 1.807) is 4.90 Å². The van der Waals surface area contributed by atoms with Gasteiger partial charge < -0.3 is 9.30 Å². The van der Waals surface area contributed by atoms with Crippen LogP contribution >= 0.6 is 0 Å². The van der Waals surface area contributed by atoms with Gasteiger partial charge in [-0.05, 0) is 49.4 Å². The minimum Gasteiger partial charge on any atom is -0.492 e. The van der Waals surface area contributed by atoms with Gasteiger partial charge in [-0.2, -0.15) is 0 Å². The van der Waals surface area contributed by atoms with E-state index in [0.717, 1.165) is 39.2 Å². The summed E-state index contributed by atoms with van der Waals surface area (Å²) in [6, 6.07) is 34.2. The minimum absolute atomic E-state index is 0.0121. The first-order chi connectivity index (χ1) is 17.7. The third-order valence-corrected chi connectivity index (χ3v) is 6.62. The van der Waals surface area contributed by atoms with E-state index in [2.05, 4.69) is 42.0 Å². The van der Waals surface area contributed by atoms with Crippen molar-refractivity contribution in [3.8, 4) is 5.75 Å². The van der Waals surface area contributed by atoms with Crippen LogP contribution in [-0.2, 0) is 11.3 Å². The molecular formula is C32H26N2O2. The van der Waals surface area contributed by atoms with Crippen LogP contribution in [0.3, 0.4) is 0 Å². The second-order valence-corrected chi connectivity index (χ2v) is 9.01. The summed E-state index contributed by atoms with van der Waals surface area (Å²) in [7, 11) is 0. The van der Waals surface area contributed by atoms with Crippen LogP contribution in [0.4, 0.5) is 11.4 Å². The Morgan fingerprint density at radius 1 is 0.806 bits per heavy atom. The topological polar surface area (TPSA) is 34.5 Å². The van der Waals surface area contributed by atoms with Crippen LogP contribution in [0.2, 0.25) is 0 Å². The van der Waals surface area contributed by atoms with Gasteiger partial charge in [0.2, 0.25) is 0 Å². The third kappa shape index (κ3) is 3.97. The number of rotatable bonds is 6. The Hall–Kier alpha value is -4.57. The number of carbonyl (C=O) groups is 1. The van der Waals surface area contributed by atoms with Crippen LogP contribution in [0.15, 0.2) is 109 Å². The lowest BCUT2D eigenvalue weighted by Gasteiger charge is -2.16. The molecule has 4 nitrogen and oxygen atoms in total. The van der Waals surface area contributed by atoms with Crippen LogP contribution in [0.1, 0.15) is 16.7 Å². The molecule has 4 heteroatoms. The van der Waals surface area contributed by atoms with Gasteiger partial charge >= 0.3 is 0 Å². The van der Waals surface area contributed by atoms with Gasteiger partial charge in [0.05, 0.1) is 17.8 Å². The molecule has 0 spiro atoms. The minimum atomic E-state index is -0.0121. The Balaban J connectivity index is 1.35. The summed E-state index contributed by atoms with van der Waals surface area (Å²) >= 11 is 0. The van der Waals surface area contributed by atoms with Crippen LogP contribution < -0.4 is 9.64 Å². The zero-order chi connectivity index (χ0) is 24.5. The molecule has 0 saturated carbocycles. The fourth-order valence-corrected chi connectivity index (χ4v) is 4.84. The average Bonchev–Trinajstić information content (AvgIpc) is 3.40. The zero-order valence-corrected chi connectivity index (χ0v) is 20.1. The molecule has 0 bridgehead atoms. The average molecular weight is 471 g/mol. The molecule has 1 aromatic heterocycles. The highest BCUT2D eigenvalue weighted by atomic mass is 16.5. The molecule has 0 fully saturated rings. The summed E-state index contributed by atoms with van der Waals surface area (Å²) in [6.07, 6.45) is 4.15. The number of amides is 1. The van der Waals surface area contributed by atoms with Crippen LogP contribution in [-0.4, -0.2) is 17.1 Å². The quantitative estimate of drug-likeness (QED) is 0.245. The van der Waals surface area contributed by atoms with Gasteiger partial charge in [-0.25, -0.2) is 0 Å². The van der Waals surface area contributed by atoms with E-state index >= 15 is 0 Å². The van der Waals surface area contributed by atoms with Crippen molar-refractivity contribution in [2.75, 3.05) is 11.5 Å². The number of fused-ring (bicyclic) bond motifs is 2. The molecule has 0 radical (unpaired) electrons. The Kier molecular flexibility index (Phi) is 5.62. The molecule has 0 N–H and O–H groups in total. The number of ether oxygens (including phenoxy) is 1. The summed E-state index contributed by atoms with van der Waals surface area (Å²) in [4.78, 5) is 15.5. The first-order valence-corrected chi connectivity index (χ1v) is 12.2. The van der Waals surface area contributed by atoms with E-state index in [1.807, 2.05) is 84.9 Å². The molecule has 5 aromatic rings. The molecule has 1 amide bonds. The highest BCUT2D eigenvalue weighted by Gasteiger charge is 2.33. The molecule has 0 unspecified atom stereocenters. The van der Waals surface area contributed by atoms with Gasteiger partial charge in [0.15, 0.2) is 0 Å². The van der Waals surface area contributed by atoms with E-state index in [-0.39, 0.29) is 5.91 Å². The molecule has 1 aliphatic rings. The maximum Gasteiger partial charge on any atom is 0.263 e. The summed E-state index contributed by atoms with van der Waals surface area (Å²) in [5, 5.41) is 1.11. The number of aromatic nitrogens is 1. The Bertz CT molecular complexity index is 1580. The molecule has 6 rings (SSSR count). The molecule has 0 saturated heterocycles. The van der Waals surface area contributed by atoms with Crippen molar-refractivity contribution in [2.24, 2.45) is 0 Å². The molecule has 0 atom stereocenters. The van der Waals surface area contributed by atoms with Gasteiger partial charge in [0.1, 0.15) is 12.4 Å². The van der Waals surface area contributed by atoms with E-state index in [4.69, 9.17) is 4.74 Å². The second-order valence-electron chi connectivity index (χ2n) is 9.01. The standard InChI is InChI=1S/C32H26N2O2/c1-23-15-17-26(18-16-23)36-20-19-33-22-24(27-11-5-7-13-30(27)33)21-29-28-12-6-8-14-31(28)34(32(29)35)25-9-3-2-4-10-25/h2-18,21-22H,19-20H2,1H3. The first-order valence-electron chi connectivity index (χ1n) is 12.2. The third-order valence-electron chi connectivity index (χ3n) is 6.62. The van der Waals surface area contributed by atoms with Gasteiger partial charge in [0.25, 0.3) is 5.91 Å². The van der Waals surface area contributed by atoms with Crippen LogP contribution in [0, 0.1) is 6.92 Å². The van der Waals surface area contributed by atoms with Gasteiger partial charge in [0, 0.05) is 33.9 Å². The van der Waals surface area contributed by atoms with Crippen molar-refractivity contribution in [2.45, 2.75) is 13.5 Å². The molecule has 36 heavy (non-hydrogen) atoms. The van der Waals surface area contributed by atoms with Crippen molar-refractivity contribution in [1.82, 2.24) is 4.57 Å². The van der Waals surface area contributed by atoms with Crippen molar-refractivity contribution >= 4 is 39.8 Å². The van der Waals surface area contributed by atoms with Crippen LogP contribution in [0.5, 0.6) is 5.75 Å². The fourth-order valence-electron chi connectivity index (χ4n) is 4.84. The number of hydrogen-bond acceptors (Lipinski definition) is 2. The first kappa shape index (κ1) is 21.9. The van der Waals surface area contributed by atoms with Gasteiger partial charge in [-0.3, -0.25) is 9.69 Å². The fraction of sp³-hybridized carbons (Fsp3) is 0.0938. The largest absolute Gasteiger partial charge is 0.492 e. The molecule has 1 aliphatic heterocycles. The van der Waals surface area contributed by atoms with Gasteiger partial charge in [-0.15, -0.1) is 0 Å². The van der Waals surface area contributed by atoms with Crippen molar-refractivity contribution in [3.63, 3.8) is 0 Å². The summed E-state index contributed by atoms with van der Waals surface area (Å²) in [5.74, 6) is 0.857. The SMILES string of the molecule is Cc1ccc(OCCn2cc(C=C3C(=O)N(c4ccccc4)c4ccccc43)c3ccccc32)cc1. The van der Waals surface area contributed by atoms with E-state index in [1.165, 1.54) is 5.56 Å². The Morgan fingerprint density at radius 2 is 1.53 bits per heavy atom. The smallest absolute Gasteiger partial charge is 0.263 e. The second kappa shape index (κ2) is 9.23. The summed E-state index contributed by atoms with van der Waals surface area (Å²) in [5.41, 5.74) is 6.79. The predicted molar refractivity (Wildman–Crippen MR) is 147 cm³/mol. The number of anilines is 2. The maximum atomic E-state index is 13.7. The number of para-hydroxylation sites is 3. The molecule has 176 valence electrons. The maximum absolute atomic E-state index is 13.7. The van der Waals surface area contributed by atoms with Crippen LogP contribution in [0.25, 0.3) is 22.6 Å². The number of benzene rings is 4. The monoisotopic (exact) mass is 470 g/mol. The van der Waals surface area contributed by atoms with E-state index in [9.17, 15) is 4.79 Å². The molecule has 4 aromatic carbocycles. The number of aryl methyl sites for hydroxylation is 1. The highest BCUT2D eigenvalue weighted by Crippen LogP contribution is 2.42. The summed E-state index contributed by atoms with van der Waals surface area (Å²) in [6.45, 7) is 3.33. The van der Waals surface area contributed by atoms with E-state index < -0.39 is 0 Å². The lowest BCUT2D eigenvalue weighted by Crippen LogP contribution is -2.20. The molecular weight excluding hydrogens is 444 g/mol. The van der Waals surface area contributed by atoms with Crippen molar-refractivity contribution in [1.29, 1.82) is 0 Å². The van der Waals surface area contributed by atoms with Crippen molar-refractivity contribution in [3.05, 3.63) is 126 Å². The van der Waals surface area contributed by atoms with Gasteiger partial charge in [-0.1, -0.05) is 72.3 Å². The Morgan fingerprint density at radius 3 is 2.36 bits per heavy atom. The lowest BCUT2D eigenvalue weighted by molar-refractivity contribution is -0.112. The summed E-state index contributed by atoms with van der Waals surface area (Å²) < 4.78 is 8.19. The Labute approximate surface area is 210 Å². The molecule has 2 heterocycles. The predicted octanol–water partition coefficient (Wildman–Crippen LogP) is 7.25. The highest BCUT2D eigenvalue weighted by molar-refractivity contribution is 6.38. The molecule has 0 aliphatic carbocycles. The van der Waals surface area contributed by atoms with Crippen molar-refractivity contribution < 1.29 is 9.53 Å². The number of carbonyl (C=O) groups excluding carboxylic acids is 1. The number of nitrogens with zero attached hydrogens (tertiary/aromatic N) is 2. The lowest BCUT2D eigenvalue weighted by atomic mass is 10.0. The van der Waals surface area contributed by atoms with E-state index in [0.29, 0.717) is 18.7 Å². The zero-order valence-electron chi connectivity index (χ0n) is 20.1. The normalized spacial score (nSPS) is 14.0. The number of hydrogen-bond donors (Lipinski definition) is 0.